The molecule has 5 heterocycles. The smallest absolute Gasteiger partial charge is 0.257 e. The van der Waals surface area contributed by atoms with E-state index >= 15 is 0 Å². The van der Waals surface area contributed by atoms with Gasteiger partial charge in [0.05, 0.1) is 11.3 Å². The minimum Gasteiger partial charge on any atom is -0.354 e. The molecule has 0 aliphatic carbocycles. The van der Waals surface area contributed by atoms with Crippen molar-refractivity contribution in [1.29, 1.82) is 0 Å². The molecule has 176 valence electrons. The first-order valence-electron chi connectivity index (χ1n) is 11.6. The third kappa shape index (κ3) is 4.96. The Bertz CT molecular complexity index is 1080. The molecule has 2 saturated heterocycles. The summed E-state index contributed by atoms with van der Waals surface area (Å²) in [4.78, 5) is 26.3. The second-order valence-corrected chi connectivity index (χ2v) is 10.8. The fourth-order valence-electron chi connectivity index (χ4n) is 5.02. The van der Waals surface area contributed by atoms with Crippen LogP contribution in [-0.4, -0.2) is 98.0 Å². The molecule has 0 N–H and O–H groups in total. The highest BCUT2D eigenvalue weighted by atomic mass is 32.2. The number of carbonyl (C=O) groups is 1. The van der Waals surface area contributed by atoms with E-state index in [2.05, 4.69) is 25.2 Å². The van der Waals surface area contributed by atoms with Gasteiger partial charge >= 0.3 is 0 Å². The van der Waals surface area contributed by atoms with Crippen LogP contribution in [0.1, 0.15) is 12.8 Å². The van der Waals surface area contributed by atoms with Gasteiger partial charge in [-0.2, -0.15) is 0 Å². The van der Waals surface area contributed by atoms with E-state index in [0.29, 0.717) is 31.1 Å². The summed E-state index contributed by atoms with van der Waals surface area (Å²) in [6, 6.07) is 6.01. The number of amides is 1. The normalized spacial score (nSPS) is 25.3. The number of carbonyl (C=O) groups excluding carboxylic acids is 1. The first-order valence-corrected chi connectivity index (χ1v) is 13.3. The van der Waals surface area contributed by atoms with Crippen LogP contribution in [0.3, 0.4) is 0 Å². The molecule has 1 aromatic rings. The predicted octanol–water partition coefficient (Wildman–Crippen LogP) is 0.940. The number of rotatable bonds is 4. The van der Waals surface area contributed by atoms with Crippen molar-refractivity contribution in [2.24, 2.45) is 10.3 Å². The van der Waals surface area contributed by atoms with E-state index in [4.69, 9.17) is 0 Å². The summed E-state index contributed by atoms with van der Waals surface area (Å²) in [5, 5.41) is 0. The highest BCUT2D eigenvalue weighted by molar-refractivity contribution is 7.90. The number of piperazine rings is 1. The molecule has 1 aromatic heterocycles. The summed E-state index contributed by atoms with van der Waals surface area (Å²) in [5.41, 5.74) is 0.380. The highest BCUT2D eigenvalue weighted by Gasteiger charge is 2.34. The second kappa shape index (κ2) is 9.26. The first kappa shape index (κ1) is 22.1. The van der Waals surface area contributed by atoms with E-state index in [-0.39, 0.29) is 17.5 Å². The quantitative estimate of drug-likeness (QED) is 0.647. The van der Waals surface area contributed by atoms with Crippen LogP contribution in [0.25, 0.3) is 0 Å². The van der Waals surface area contributed by atoms with Crippen LogP contribution < -0.4 is 4.90 Å². The lowest BCUT2D eigenvalue weighted by molar-refractivity contribution is -0.128. The lowest BCUT2D eigenvalue weighted by atomic mass is 9.96. The fraction of sp³-hybridized carbons (Fsp3) is 0.522. The minimum absolute atomic E-state index is 0.0261. The van der Waals surface area contributed by atoms with Gasteiger partial charge in [-0.3, -0.25) is 9.69 Å². The average Bonchev–Trinajstić information content (AvgIpc) is 2.84. The molecular formula is C23H30N6O3S. The zero-order valence-electron chi connectivity index (χ0n) is 18.7. The Morgan fingerprint density at radius 3 is 2.73 bits per heavy atom. The molecule has 1 amide bonds. The molecule has 10 heteroatoms. The summed E-state index contributed by atoms with van der Waals surface area (Å²) in [7, 11) is -3.52. The van der Waals surface area contributed by atoms with E-state index in [1.54, 1.807) is 23.3 Å². The molecular weight excluding hydrogens is 440 g/mol. The molecule has 2 fully saturated rings. The van der Waals surface area contributed by atoms with E-state index < -0.39 is 10.0 Å². The number of fused-ring (bicyclic) bond motifs is 1. The molecule has 1 atom stereocenters. The molecule has 5 rings (SSSR count). The van der Waals surface area contributed by atoms with Gasteiger partial charge in [-0.1, -0.05) is 6.07 Å². The molecule has 0 aromatic carbocycles. The number of sulfonamides is 1. The van der Waals surface area contributed by atoms with E-state index in [1.807, 2.05) is 23.2 Å². The maximum absolute atomic E-state index is 13.4. The Balaban J connectivity index is 1.19. The molecule has 0 saturated carbocycles. The number of hydrogen-bond acceptors (Lipinski definition) is 7. The van der Waals surface area contributed by atoms with E-state index in [1.165, 1.54) is 0 Å². The predicted molar refractivity (Wildman–Crippen MR) is 127 cm³/mol. The monoisotopic (exact) mass is 470 g/mol. The molecule has 33 heavy (non-hydrogen) atoms. The summed E-state index contributed by atoms with van der Waals surface area (Å²) in [5.74, 6) is 1.56. The second-order valence-electron chi connectivity index (χ2n) is 9.05. The highest BCUT2D eigenvalue weighted by Crippen LogP contribution is 2.24. The number of amidine groups is 1. The summed E-state index contributed by atoms with van der Waals surface area (Å²) in [6.07, 6.45) is 9.17. The number of likely N-dealkylation sites (tertiary alicyclic amines) is 1. The van der Waals surface area contributed by atoms with Crippen LogP contribution in [0.2, 0.25) is 0 Å². The van der Waals surface area contributed by atoms with Crippen molar-refractivity contribution in [3.05, 3.63) is 48.3 Å². The molecule has 1 unspecified atom stereocenters. The number of aromatic nitrogens is 1. The van der Waals surface area contributed by atoms with Crippen LogP contribution in [0.15, 0.2) is 52.7 Å². The van der Waals surface area contributed by atoms with Gasteiger partial charge in [-0.25, -0.2) is 13.4 Å². The Kier molecular flexibility index (Phi) is 6.20. The standard InChI is InChI=1S/C23H30N6O3S/c30-23(20-6-4-9-28-15-16-33(31,32)25-22(20)28)29-10-3-5-19(18-29)17-26-11-13-27(14-12-26)21-7-1-2-8-24-21/h1-2,4,6-9,19H,3,5,10-18H2. The van der Waals surface area contributed by atoms with Crippen molar-refractivity contribution >= 4 is 27.6 Å². The number of allylic oxidation sites excluding steroid dienone is 2. The van der Waals surface area contributed by atoms with Crippen LogP contribution in [0.5, 0.6) is 0 Å². The van der Waals surface area contributed by atoms with Gasteiger partial charge in [-0.15, -0.1) is 4.40 Å². The first-order chi connectivity index (χ1) is 16.0. The summed E-state index contributed by atoms with van der Waals surface area (Å²) in [6.45, 7) is 6.58. The van der Waals surface area contributed by atoms with Gasteiger partial charge in [0.15, 0.2) is 5.84 Å². The maximum atomic E-state index is 13.4. The van der Waals surface area contributed by atoms with Gasteiger partial charge in [0.1, 0.15) is 5.82 Å². The van der Waals surface area contributed by atoms with Crippen molar-refractivity contribution in [1.82, 2.24) is 19.7 Å². The number of anilines is 1. The Morgan fingerprint density at radius 1 is 1.09 bits per heavy atom. The van der Waals surface area contributed by atoms with Crippen LogP contribution in [-0.2, 0) is 14.8 Å². The van der Waals surface area contributed by atoms with Crippen molar-refractivity contribution in [3.8, 4) is 0 Å². The van der Waals surface area contributed by atoms with Crippen LogP contribution in [0.4, 0.5) is 5.82 Å². The SMILES string of the molecule is O=C(C1=CC=CN2CCS(=O)(=O)N=C12)N1CCCC(CN2CCN(c3ccccn3)CC2)C1. The van der Waals surface area contributed by atoms with Gasteiger partial charge in [0, 0.05) is 64.8 Å². The summed E-state index contributed by atoms with van der Waals surface area (Å²) >= 11 is 0. The third-order valence-electron chi connectivity index (χ3n) is 6.76. The van der Waals surface area contributed by atoms with Crippen molar-refractivity contribution < 1.29 is 13.2 Å². The Morgan fingerprint density at radius 2 is 1.94 bits per heavy atom. The summed E-state index contributed by atoms with van der Waals surface area (Å²) < 4.78 is 28.0. The van der Waals surface area contributed by atoms with Crippen LogP contribution in [0, 0.1) is 5.92 Å². The van der Waals surface area contributed by atoms with Gasteiger partial charge < -0.3 is 14.7 Å². The van der Waals surface area contributed by atoms with Crippen molar-refractivity contribution in [2.45, 2.75) is 12.8 Å². The number of hydrogen-bond donors (Lipinski definition) is 0. The van der Waals surface area contributed by atoms with Gasteiger partial charge in [-0.05, 0) is 43.0 Å². The van der Waals surface area contributed by atoms with Gasteiger partial charge in [0.25, 0.3) is 15.9 Å². The zero-order chi connectivity index (χ0) is 22.8. The third-order valence-corrected chi connectivity index (χ3v) is 7.91. The molecule has 0 spiro atoms. The topological polar surface area (TPSA) is 89.4 Å². The van der Waals surface area contributed by atoms with E-state index in [0.717, 1.165) is 51.4 Å². The zero-order valence-corrected chi connectivity index (χ0v) is 19.5. The van der Waals surface area contributed by atoms with Crippen molar-refractivity contribution in [2.75, 3.05) is 63.0 Å². The molecule has 0 radical (unpaired) electrons. The Hall–Kier alpha value is -2.72. The van der Waals surface area contributed by atoms with Crippen LogP contribution >= 0.6 is 0 Å². The molecule has 9 nitrogen and oxygen atoms in total. The average molecular weight is 471 g/mol. The number of pyridine rings is 1. The fourth-order valence-corrected chi connectivity index (χ4v) is 6.00. The minimum atomic E-state index is -3.52. The van der Waals surface area contributed by atoms with E-state index in [9.17, 15) is 13.2 Å². The Labute approximate surface area is 195 Å². The number of nitrogens with zero attached hydrogens (tertiary/aromatic N) is 6. The lowest BCUT2D eigenvalue weighted by Gasteiger charge is -2.40. The maximum Gasteiger partial charge on any atom is 0.257 e. The molecule has 4 aliphatic rings. The molecule has 0 bridgehead atoms. The van der Waals surface area contributed by atoms with Gasteiger partial charge in [0.2, 0.25) is 0 Å². The van der Waals surface area contributed by atoms with Crippen molar-refractivity contribution in [3.63, 3.8) is 0 Å². The number of piperidine rings is 1. The largest absolute Gasteiger partial charge is 0.354 e. The molecule has 4 aliphatic heterocycles. The lowest BCUT2D eigenvalue weighted by Crippen LogP contribution is -2.51.